The number of ether oxygens (including phenoxy) is 1. The van der Waals surface area contributed by atoms with Crippen LogP contribution in [0.25, 0.3) is 21.3 Å². The van der Waals surface area contributed by atoms with Crippen molar-refractivity contribution in [2.45, 2.75) is 23.5 Å². The first-order valence-corrected chi connectivity index (χ1v) is 16.5. The van der Waals surface area contributed by atoms with Gasteiger partial charge in [0.15, 0.2) is 15.1 Å². The highest BCUT2D eigenvalue weighted by Gasteiger charge is 2.36. The smallest absolute Gasteiger partial charge is 0.338 e. The maximum atomic E-state index is 12.8. The summed E-state index contributed by atoms with van der Waals surface area (Å²) < 4.78 is 37.5. The fourth-order valence-corrected chi connectivity index (χ4v) is 7.79. The normalized spacial score (nSPS) is 15.9. The van der Waals surface area contributed by atoms with Crippen LogP contribution in [0, 0.1) is 0 Å². The number of hydrogen-bond donors (Lipinski definition) is 1. The Kier molecular flexibility index (Phi) is 7.81. The van der Waals surface area contributed by atoms with E-state index in [1.165, 1.54) is 11.3 Å². The van der Waals surface area contributed by atoms with Crippen molar-refractivity contribution in [3.63, 3.8) is 0 Å². The van der Waals surface area contributed by atoms with Crippen LogP contribution >= 0.6 is 23.1 Å². The van der Waals surface area contributed by atoms with E-state index in [0.717, 1.165) is 39.4 Å². The van der Waals surface area contributed by atoms with Gasteiger partial charge in [0.25, 0.3) is 5.24 Å². The van der Waals surface area contributed by atoms with Gasteiger partial charge in [-0.1, -0.05) is 60.3 Å². The van der Waals surface area contributed by atoms with Crippen molar-refractivity contribution in [2.75, 3.05) is 6.26 Å². The number of aromatic nitrogens is 3. The summed E-state index contributed by atoms with van der Waals surface area (Å²) in [6.45, 7) is 0.183. The standard InChI is InChI=1S/C29H22N4O7S3/c1-43(37,38)24(26-33-32-23(40-26)14-22-25(34)31-29(36)42-22)27-30-20-12-11-19(13-21(20)41-27)17-7-9-18(10-8-17)28(35)39-15-16-5-3-2-4-6-16/h2-13,22,24H,14-15H2,1H3,(H,31,34,36). The summed E-state index contributed by atoms with van der Waals surface area (Å²) >= 11 is 2.00. The fraction of sp³-hybridized carbons (Fsp3) is 0.172. The van der Waals surface area contributed by atoms with Crippen LogP contribution in [0.3, 0.4) is 0 Å². The highest BCUT2D eigenvalue weighted by Crippen LogP contribution is 2.37. The number of nitrogens with one attached hydrogen (secondary N) is 1. The average molecular weight is 635 g/mol. The number of carbonyl (C=O) groups is 3. The minimum atomic E-state index is -3.78. The quantitative estimate of drug-likeness (QED) is 0.223. The van der Waals surface area contributed by atoms with E-state index in [4.69, 9.17) is 9.15 Å². The first kappa shape index (κ1) is 28.7. The van der Waals surface area contributed by atoms with Crippen LogP contribution in [-0.2, 0) is 32.4 Å². The maximum Gasteiger partial charge on any atom is 0.338 e. The number of hydrogen-bond acceptors (Lipinski definition) is 12. The van der Waals surface area contributed by atoms with Crippen molar-refractivity contribution in [3.05, 3.63) is 101 Å². The van der Waals surface area contributed by atoms with E-state index >= 15 is 0 Å². The molecule has 1 saturated heterocycles. The highest BCUT2D eigenvalue weighted by molar-refractivity contribution is 8.15. The molecule has 43 heavy (non-hydrogen) atoms. The molecule has 11 nitrogen and oxygen atoms in total. The molecule has 0 saturated carbocycles. The van der Waals surface area contributed by atoms with E-state index in [1.54, 1.807) is 18.2 Å². The molecular formula is C29H22N4O7S3. The predicted octanol–water partition coefficient (Wildman–Crippen LogP) is 4.73. The summed E-state index contributed by atoms with van der Waals surface area (Å²) in [7, 11) is -3.78. The summed E-state index contributed by atoms with van der Waals surface area (Å²) in [4.78, 5) is 40.4. The molecule has 218 valence electrons. The molecule has 2 amide bonds. The Labute approximate surface area is 253 Å². The number of thiazole rings is 1. The molecule has 1 N–H and O–H groups in total. The minimum Gasteiger partial charge on any atom is -0.457 e. The number of thioether (sulfide) groups is 1. The van der Waals surface area contributed by atoms with Crippen LogP contribution in [0.5, 0.6) is 0 Å². The lowest BCUT2D eigenvalue weighted by molar-refractivity contribution is -0.119. The summed E-state index contributed by atoms with van der Waals surface area (Å²) in [6, 6.07) is 22.0. The van der Waals surface area contributed by atoms with Gasteiger partial charge in [-0.25, -0.2) is 18.2 Å². The van der Waals surface area contributed by atoms with Gasteiger partial charge in [0, 0.05) is 12.7 Å². The molecule has 0 radical (unpaired) electrons. The summed E-state index contributed by atoms with van der Waals surface area (Å²) in [5, 5.41) is 7.80. The third kappa shape index (κ3) is 6.35. The van der Waals surface area contributed by atoms with Crippen molar-refractivity contribution >= 4 is 60.3 Å². The third-order valence-electron chi connectivity index (χ3n) is 6.56. The lowest BCUT2D eigenvalue weighted by Gasteiger charge is -2.07. The molecule has 1 fully saturated rings. The Bertz CT molecular complexity index is 1950. The van der Waals surface area contributed by atoms with E-state index in [9.17, 15) is 22.8 Å². The zero-order chi connectivity index (χ0) is 30.1. The number of sulfone groups is 1. The second kappa shape index (κ2) is 11.7. The molecule has 2 atom stereocenters. The third-order valence-corrected chi connectivity index (χ3v) is 10.1. The van der Waals surface area contributed by atoms with Gasteiger partial charge >= 0.3 is 5.97 Å². The van der Waals surface area contributed by atoms with Crippen LogP contribution in [-0.4, -0.2) is 52.2 Å². The molecule has 14 heteroatoms. The zero-order valence-corrected chi connectivity index (χ0v) is 24.9. The van der Waals surface area contributed by atoms with Crippen LogP contribution < -0.4 is 5.32 Å². The first-order chi connectivity index (χ1) is 20.6. The molecule has 1 aliphatic heterocycles. The Morgan fingerprint density at radius 2 is 1.77 bits per heavy atom. The number of amides is 2. The van der Waals surface area contributed by atoms with Crippen molar-refractivity contribution < 1.29 is 32.0 Å². The van der Waals surface area contributed by atoms with Crippen molar-refractivity contribution in [3.8, 4) is 11.1 Å². The lowest BCUT2D eigenvalue weighted by Crippen LogP contribution is -2.25. The van der Waals surface area contributed by atoms with Gasteiger partial charge in [0.1, 0.15) is 16.9 Å². The molecule has 0 aliphatic carbocycles. The Morgan fingerprint density at radius 3 is 2.47 bits per heavy atom. The van der Waals surface area contributed by atoms with Gasteiger partial charge in [-0.15, -0.1) is 21.5 Å². The van der Waals surface area contributed by atoms with Crippen LogP contribution in [0.2, 0.25) is 0 Å². The van der Waals surface area contributed by atoms with Crippen LogP contribution in [0.4, 0.5) is 4.79 Å². The Balaban J connectivity index is 1.20. The monoisotopic (exact) mass is 634 g/mol. The van der Waals surface area contributed by atoms with Gasteiger partial charge in [-0.05, 0) is 41.0 Å². The van der Waals surface area contributed by atoms with Gasteiger partial charge in [0.05, 0.1) is 15.8 Å². The fourth-order valence-electron chi connectivity index (χ4n) is 4.45. The topological polar surface area (TPSA) is 158 Å². The molecule has 1 aliphatic rings. The highest BCUT2D eigenvalue weighted by atomic mass is 32.2. The van der Waals surface area contributed by atoms with Crippen LogP contribution in [0.15, 0.2) is 77.2 Å². The zero-order valence-electron chi connectivity index (χ0n) is 22.4. The van der Waals surface area contributed by atoms with Gasteiger partial charge in [-0.3, -0.25) is 14.9 Å². The largest absolute Gasteiger partial charge is 0.457 e. The SMILES string of the molecule is CS(=O)(=O)C(c1nnc(CC2SC(=O)NC2=O)o1)c1nc2ccc(-c3ccc(C(=O)OCc4ccccc4)cc3)cc2s1. The minimum absolute atomic E-state index is 0.0154. The molecule has 3 heterocycles. The van der Waals surface area contributed by atoms with E-state index in [0.29, 0.717) is 11.1 Å². The summed E-state index contributed by atoms with van der Waals surface area (Å²) in [6.07, 6.45) is 1.04. The van der Waals surface area contributed by atoms with Gasteiger partial charge in [0.2, 0.25) is 17.7 Å². The van der Waals surface area contributed by atoms with Gasteiger partial charge < -0.3 is 9.15 Å². The molecule has 5 aromatic rings. The lowest BCUT2D eigenvalue weighted by atomic mass is 10.0. The van der Waals surface area contributed by atoms with E-state index < -0.39 is 37.5 Å². The molecular weight excluding hydrogens is 613 g/mol. The second-order valence-electron chi connectivity index (χ2n) is 9.70. The molecule has 2 aromatic heterocycles. The molecule has 2 unspecified atom stereocenters. The molecule has 0 spiro atoms. The summed E-state index contributed by atoms with van der Waals surface area (Å²) in [5.41, 5.74) is 3.62. The van der Waals surface area contributed by atoms with E-state index in [1.807, 2.05) is 54.6 Å². The van der Waals surface area contributed by atoms with E-state index in [2.05, 4.69) is 20.5 Å². The Hall–Kier alpha value is -4.40. The number of nitrogens with zero attached hydrogens (tertiary/aromatic N) is 3. The van der Waals surface area contributed by atoms with Crippen molar-refractivity contribution in [1.82, 2.24) is 20.5 Å². The first-order valence-electron chi connectivity index (χ1n) is 12.9. The number of carbonyl (C=O) groups excluding carboxylic acids is 3. The van der Waals surface area contributed by atoms with Crippen molar-refractivity contribution in [1.29, 1.82) is 0 Å². The second-order valence-corrected chi connectivity index (χ2v) is 14.1. The summed E-state index contributed by atoms with van der Waals surface area (Å²) in [5.74, 6) is -1.01. The predicted molar refractivity (Wildman–Crippen MR) is 160 cm³/mol. The average Bonchev–Trinajstić information content (AvgIpc) is 3.69. The number of imide groups is 1. The van der Waals surface area contributed by atoms with E-state index in [-0.39, 0.29) is 29.8 Å². The maximum absolute atomic E-state index is 12.8. The number of esters is 1. The molecule has 3 aromatic carbocycles. The number of benzene rings is 3. The Morgan fingerprint density at radius 1 is 1.02 bits per heavy atom. The number of rotatable bonds is 9. The molecule has 0 bridgehead atoms. The van der Waals surface area contributed by atoms with Gasteiger partial charge in [-0.2, -0.15) is 0 Å². The van der Waals surface area contributed by atoms with Crippen LogP contribution in [0.1, 0.15) is 38.0 Å². The molecule has 6 rings (SSSR count). The van der Waals surface area contributed by atoms with Crippen molar-refractivity contribution in [2.24, 2.45) is 0 Å². The number of fused-ring (bicyclic) bond motifs is 1.